The number of benzene rings is 3. The molecule has 3 heterocycles. The molecule has 1 aliphatic heterocycles. The Kier molecular flexibility index (Phi) is 7.24. The maximum atomic E-state index is 13.7. The van der Waals surface area contributed by atoms with E-state index in [1.165, 1.54) is 17.7 Å². The lowest BCUT2D eigenvalue weighted by atomic mass is 10.1. The second-order valence-corrected chi connectivity index (χ2v) is 9.87. The van der Waals surface area contributed by atoms with Gasteiger partial charge in [-0.2, -0.15) is 0 Å². The number of rotatable bonds is 10. The molecule has 204 valence electrons. The molecule has 9 nitrogen and oxygen atoms in total. The first kappa shape index (κ1) is 25.7. The molecule has 6 rings (SSSR count). The van der Waals surface area contributed by atoms with Crippen LogP contribution < -0.4 is 15.0 Å². The minimum Gasteiger partial charge on any atom is -0.454 e. The minimum atomic E-state index is -0.295. The molecule has 0 bridgehead atoms. The number of aryl methyl sites for hydroxylation is 2. The van der Waals surface area contributed by atoms with Crippen molar-refractivity contribution in [2.24, 2.45) is 0 Å². The van der Waals surface area contributed by atoms with Crippen LogP contribution in [0.5, 0.6) is 11.5 Å². The van der Waals surface area contributed by atoms with Crippen molar-refractivity contribution >= 4 is 10.9 Å². The molecule has 0 spiro atoms. The number of fused-ring (bicyclic) bond motifs is 2. The van der Waals surface area contributed by atoms with Crippen LogP contribution in [0.1, 0.15) is 41.9 Å². The molecule has 3 aromatic carbocycles. The van der Waals surface area contributed by atoms with Crippen LogP contribution in [0.25, 0.3) is 10.9 Å². The topological polar surface area (TPSA) is 98.2 Å². The largest absolute Gasteiger partial charge is 0.454 e. The molecular weight excluding hydrogens is 511 g/mol. The van der Waals surface area contributed by atoms with E-state index in [4.69, 9.17) is 9.47 Å². The van der Waals surface area contributed by atoms with Crippen LogP contribution >= 0.6 is 0 Å². The lowest BCUT2D eigenvalue weighted by molar-refractivity contribution is 0.160. The monoisotopic (exact) mass is 540 g/mol. The molecule has 1 aliphatic rings. The molecule has 1 N–H and O–H groups in total. The number of ether oxygens (including phenoxy) is 2. The van der Waals surface area contributed by atoms with Crippen LogP contribution in [0.4, 0.5) is 4.39 Å². The highest BCUT2D eigenvalue weighted by Gasteiger charge is 2.26. The zero-order valence-electron chi connectivity index (χ0n) is 22.1. The molecule has 10 heteroatoms. The maximum Gasteiger partial charge on any atom is 0.252 e. The highest BCUT2D eigenvalue weighted by molar-refractivity contribution is 5.83. The first-order valence-corrected chi connectivity index (χ1v) is 13.3. The maximum absolute atomic E-state index is 13.7. The fourth-order valence-corrected chi connectivity index (χ4v) is 5.17. The number of aromatic nitrogens is 5. The van der Waals surface area contributed by atoms with Gasteiger partial charge in [-0.15, -0.1) is 5.10 Å². The molecule has 0 radical (unpaired) electrons. The van der Waals surface area contributed by atoms with E-state index < -0.39 is 0 Å². The van der Waals surface area contributed by atoms with E-state index in [9.17, 15) is 9.18 Å². The summed E-state index contributed by atoms with van der Waals surface area (Å²) in [5.74, 6) is 1.69. The van der Waals surface area contributed by atoms with Gasteiger partial charge in [-0.3, -0.25) is 9.69 Å². The number of hydrogen-bond acceptors (Lipinski definition) is 7. The molecule has 0 unspecified atom stereocenters. The van der Waals surface area contributed by atoms with Gasteiger partial charge >= 0.3 is 0 Å². The number of nitrogens with zero attached hydrogens (tertiary/aromatic N) is 5. The van der Waals surface area contributed by atoms with E-state index in [0.717, 1.165) is 23.2 Å². The Balaban J connectivity index is 1.33. The summed E-state index contributed by atoms with van der Waals surface area (Å²) < 4.78 is 26.5. The average Bonchev–Trinajstić information content (AvgIpc) is 3.62. The Bertz CT molecular complexity index is 1670. The van der Waals surface area contributed by atoms with E-state index in [1.807, 2.05) is 35.0 Å². The quantitative estimate of drug-likeness (QED) is 0.272. The summed E-state index contributed by atoms with van der Waals surface area (Å²) in [6, 6.07) is 22.0. The molecule has 2 aromatic heterocycles. The predicted octanol–water partition coefficient (Wildman–Crippen LogP) is 4.78. The van der Waals surface area contributed by atoms with Gasteiger partial charge in [0.1, 0.15) is 5.82 Å². The van der Waals surface area contributed by atoms with Crippen LogP contribution in [0, 0.1) is 5.82 Å². The molecule has 40 heavy (non-hydrogen) atoms. The molecule has 1 atom stereocenters. The molecular formula is C30H29FN6O3. The number of nitrogens with one attached hydrogen (secondary N) is 1. The Morgan fingerprint density at radius 1 is 1.00 bits per heavy atom. The second kappa shape index (κ2) is 11.3. The van der Waals surface area contributed by atoms with Crippen molar-refractivity contribution in [1.29, 1.82) is 0 Å². The van der Waals surface area contributed by atoms with Gasteiger partial charge in [0, 0.05) is 36.7 Å². The summed E-state index contributed by atoms with van der Waals surface area (Å²) in [5, 5.41) is 13.5. The number of aromatic amines is 1. The Hall–Kier alpha value is -4.57. The van der Waals surface area contributed by atoms with Crippen LogP contribution in [-0.4, -0.2) is 36.9 Å². The summed E-state index contributed by atoms with van der Waals surface area (Å²) in [6.45, 7) is 3.66. The van der Waals surface area contributed by atoms with Crippen molar-refractivity contribution in [1.82, 2.24) is 30.1 Å². The van der Waals surface area contributed by atoms with E-state index in [2.05, 4.69) is 44.5 Å². The van der Waals surface area contributed by atoms with Gasteiger partial charge in [0.25, 0.3) is 5.56 Å². The fraction of sp³-hybridized carbons (Fsp3) is 0.267. The zero-order chi connectivity index (χ0) is 27.5. The van der Waals surface area contributed by atoms with E-state index in [-0.39, 0.29) is 24.2 Å². The summed E-state index contributed by atoms with van der Waals surface area (Å²) >= 11 is 0. The van der Waals surface area contributed by atoms with Gasteiger partial charge in [-0.25, -0.2) is 9.07 Å². The number of halogens is 1. The lowest BCUT2D eigenvalue weighted by Crippen LogP contribution is -2.32. The van der Waals surface area contributed by atoms with Crippen molar-refractivity contribution in [3.63, 3.8) is 0 Å². The smallest absolute Gasteiger partial charge is 0.252 e. The van der Waals surface area contributed by atoms with E-state index in [1.54, 1.807) is 18.2 Å². The third-order valence-electron chi connectivity index (χ3n) is 7.23. The molecule has 0 fully saturated rings. The number of pyridine rings is 1. The van der Waals surface area contributed by atoms with Crippen LogP contribution in [0.2, 0.25) is 0 Å². The predicted molar refractivity (Wildman–Crippen MR) is 147 cm³/mol. The van der Waals surface area contributed by atoms with Gasteiger partial charge in [0.05, 0.1) is 11.6 Å². The van der Waals surface area contributed by atoms with Crippen molar-refractivity contribution < 1.29 is 13.9 Å². The standard InChI is InChI=1S/C30H29FN6O3/c1-2-26(29-33-34-35-37(29)13-12-20-6-4-3-5-7-20)36(17-21-8-10-24(31)11-9-21)18-23-14-22-15-27-28(40-19-39-27)16-25(22)32-30(23)38/h3-11,14-16,26H,2,12-13,17-19H2,1H3,(H,32,38)/t26-/m0/s1. The van der Waals surface area contributed by atoms with E-state index >= 15 is 0 Å². The first-order chi connectivity index (χ1) is 19.6. The van der Waals surface area contributed by atoms with Crippen molar-refractivity contribution in [3.8, 4) is 11.5 Å². The summed E-state index contributed by atoms with van der Waals surface area (Å²) in [7, 11) is 0. The summed E-state index contributed by atoms with van der Waals surface area (Å²) in [5.41, 5.74) is 3.21. The Morgan fingerprint density at radius 3 is 2.55 bits per heavy atom. The molecule has 0 amide bonds. The fourth-order valence-electron chi connectivity index (χ4n) is 5.17. The highest BCUT2D eigenvalue weighted by atomic mass is 19.1. The minimum absolute atomic E-state index is 0.158. The second-order valence-electron chi connectivity index (χ2n) is 9.87. The average molecular weight is 541 g/mol. The van der Waals surface area contributed by atoms with Gasteiger partial charge in [-0.05, 0) is 58.7 Å². The highest BCUT2D eigenvalue weighted by Crippen LogP contribution is 2.35. The summed E-state index contributed by atoms with van der Waals surface area (Å²) in [4.78, 5) is 18.4. The molecule has 0 saturated heterocycles. The SMILES string of the molecule is CC[C@@H](c1nnnn1CCc1ccccc1)N(Cc1ccc(F)cc1)Cc1cc2cc3c(cc2[nH]c1=O)OCO3. The number of tetrazole rings is 1. The van der Waals surface area contributed by atoms with Gasteiger partial charge in [0.15, 0.2) is 17.3 Å². The van der Waals surface area contributed by atoms with Crippen molar-refractivity contribution in [2.75, 3.05) is 6.79 Å². The number of H-pyrrole nitrogens is 1. The Labute approximate surface area is 230 Å². The first-order valence-electron chi connectivity index (χ1n) is 13.3. The van der Waals surface area contributed by atoms with E-state index in [0.29, 0.717) is 48.6 Å². The molecule has 0 aliphatic carbocycles. The Morgan fingerprint density at radius 2 is 1.77 bits per heavy atom. The number of hydrogen-bond donors (Lipinski definition) is 1. The summed E-state index contributed by atoms with van der Waals surface area (Å²) in [6.07, 6.45) is 1.49. The lowest BCUT2D eigenvalue weighted by Gasteiger charge is -2.30. The van der Waals surface area contributed by atoms with Crippen LogP contribution in [-0.2, 0) is 26.1 Å². The van der Waals surface area contributed by atoms with Crippen molar-refractivity contribution in [2.45, 2.75) is 45.4 Å². The molecule has 0 saturated carbocycles. The van der Waals surface area contributed by atoms with Crippen molar-refractivity contribution in [3.05, 3.63) is 111 Å². The van der Waals surface area contributed by atoms with Crippen LogP contribution in [0.3, 0.4) is 0 Å². The van der Waals surface area contributed by atoms with Gasteiger partial charge in [0.2, 0.25) is 6.79 Å². The zero-order valence-corrected chi connectivity index (χ0v) is 22.1. The third kappa shape index (κ3) is 5.43. The van der Waals surface area contributed by atoms with Gasteiger partial charge in [-0.1, -0.05) is 49.4 Å². The molecule has 5 aromatic rings. The third-order valence-corrected chi connectivity index (χ3v) is 7.23. The van der Waals surface area contributed by atoms with Gasteiger partial charge < -0.3 is 14.5 Å². The van der Waals surface area contributed by atoms with Crippen LogP contribution in [0.15, 0.2) is 77.6 Å². The normalized spacial score (nSPS) is 13.3.